The van der Waals surface area contributed by atoms with Crippen molar-refractivity contribution in [3.63, 3.8) is 0 Å². The lowest BCUT2D eigenvalue weighted by Crippen LogP contribution is -2.34. The molecule has 27 heavy (non-hydrogen) atoms. The van der Waals surface area contributed by atoms with E-state index in [1.807, 2.05) is 55.5 Å². The minimum Gasteiger partial charge on any atom is -0.494 e. The van der Waals surface area contributed by atoms with Crippen LogP contribution in [0.4, 0.5) is 0 Å². The number of hydrogen-bond acceptors (Lipinski definition) is 4. The number of nitrogens with one attached hydrogen (secondary N) is 1. The Morgan fingerprint density at radius 2 is 1.63 bits per heavy atom. The standard InChI is InChI=1S/C20H23N3O4/c1-3-26-15-8-10-16(11-9-15)27-13-12-21-19(24)14-23-18-7-5-4-6-17(18)22(2)20(23)25/h4-11H,3,12-14H2,1-2H3,(H,21,24). The van der Waals surface area contributed by atoms with Gasteiger partial charge in [0.1, 0.15) is 24.7 Å². The minimum atomic E-state index is -0.233. The molecule has 0 saturated heterocycles. The number of ether oxygens (including phenoxy) is 2. The van der Waals surface area contributed by atoms with Crippen LogP contribution >= 0.6 is 0 Å². The Labute approximate surface area is 157 Å². The largest absolute Gasteiger partial charge is 0.494 e. The van der Waals surface area contributed by atoms with E-state index in [2.05, 4.69) is 5.32 Å². The molecule has 142 valence electrons. The van der Waals surface area contributed by atoms with Crippen LogP contribution in [-0.2, 0) is 18.4 Å². The Bertz CT molecular complexity index is 973. The van der Waals surface area contributed by atoms with Gasteiger partial charge in [-0.25, -0.2) is 4.79 Å². The number of aromatic nitrogens is 2. The van der Waals surface area contributed by atoms with Crippen molar-refractivity contribution >= 4 is 16.9 Å². The Morgan fingerprint density at radius 3 is 2.30 bits per heavy atom. The molecule has 1 aromatic heterocycles. The fraction of sp³-hybridized carbons (Fsp3) is 0.300. The second-order valence-electron chi connectivity index (χ2n) is 6.02. The molecule has 7 nitrogen and oxygen atoms in total. The third-order valence-electron chi connectivity index (χ3n) is 4.18. The van der Waals surface area contributed by atoms with Crippen molar-refractivity contribution in [2.24, 2.45) is 7.05 Å². The summed E-state index contributed by atoms with van der Waals surface area (Å²) in [4.78, 5) is 24.5. The highest BCUT2D eigenvalue weighted by atomic mass is 16.5. The van der Waals surface area contributed by atoms with Crippen LogP contribution in [0.1, 0.15) is 6.92 Å². The lowest BCUT2D eigenvalue weighted by atomic mass is 10.3. The van der Waals surface area contributed by atoms with Gasteiger partial charge in [0.2, 0.25) is 5.91 Å². The smallest absolute Gasteiger partial charge is 0.329 e. The van der Waals surface area contributed by atoms with Crippen LogP contribution in [0.3, 0.4) is 0 Å². The summed E-state index contributed by atoms with van der Waals surface area (Å²) in [5, 5.41) is 2.78. The molecule has 0 aliphatic heterocycles. The second kappa shape index (κ2) is 8.44. The Morgan fingerprint density at radius 1 is 1.00 bits per heavy atom. The molecule has 1 amide bonds. The van der Waals surface area contributed by atoms with E-state index in [1.54, 1.807) is 7.05 Å². The van der Waals surface area contributed by atoms with Gasteiger partial charge < -0.3 is 14.8 Å². The quantitative estimate of drug-likeness (QED) is 0.616. The number of imidazole rings is 1. The number of benzene rings is 2. The van der Waals surface area contributed by atoms with Crippen molar-refractivity contribution < 1.29 is 14.3 Å². The summed E-state index contributed by atoms with van der Waals surface area (Å²) < 4.78 is 14.0. The average molecular weight is 369 g/mol. The SMILES string of the molecule is CCOc1ccc(OCCNC(=O)Cn2c(=O)n(C)c3ccccc32)cc1. The van der Waals surface area contributed by atoms with E-state index >= 15 is 0 Å². The predicted octanol–water partition coefficient (Wildman–Crippen LogP) is 1.93. The molecular formula is C20H23N3O4. The summed E-state index contributed by atoms with van der Waals surface area (Å²) >= 11 is 0. The molecule has 0 aliphatic carbocycles. The first-order valence-corrected chi connectivity index (χ1v) is 8.86. The van der Waals surface area contributed by atoms with Crippen molar-refractivity contribution in [1.29, 1.82) is 0 Å². The first-order chi connectivity index (χ1) is 13.1. The van der Waals surface area contributed by atoms with E-state index in [4.69, 9.17) is 9.47 Å². The molecule has 0 radical (unpaired) electrons. The van der Waals surface area contributed by atoms with Gasteiger partial charge in [-0.3, -0.25) is 13.9 Å². The fourth-order valence-electron chi connectivity index (χ4n) is 2.87. The van der Waals surface area contributed by atoms with E-state index in [-0.39, 0.29) is 18.1 Å². The maximum Gasteiger partial charge on any atom is 0.329 e. The average Bonchev–Trinajstić information content (AvgIpc) is 2.92. The summed E-state index contributed by atoms with van der Waals surface area (Å²) in [6.45, 7) is 3.21. The number of carbonyl (C=O) groups is 1. The molecule has 3 rings (SSSR count). The van der Waals surface area contributed by atoms with Gasteiger partial charge in [0.15, 0.2) is 0 Å². The maximum atomic E-state index is 12.3. The van der Waals surface area contributed by atoms with Crippen molar-refractivity contribution in [1.82, 2.24) is 14.5 Å². The number of fused-ring (bicyclic) bond motifs is 1. The molecule has 0 atom stereocenters. The van der Waals surface area contributed by atoms with Gasteiger partial charge >= 0.3 is 5.69 Å². The number of rotatable bonds is 8. The Hall–Kier alpha value is -3.22. The number of aryl methyl sites for hydroxylation is 1. The van der Waals surface area contributed by atoms with Crippen LogP contribution in [0.2, 0.25) is 0 Å². The monoisotopic (exact) mass is 369 g/mol. The van der Waals surface area contributed by atoms with Crippen LogP contribution in [0, 0.1) is 0 Å². The van der Waals surface area contributed by atoms with Gasteiger partial charge in [-0.2, -0.15) is 0 Å². The normalized spacial score (nSPS) is 10.7. The molecule has 3 aromatic rings. The topological polar surface area (TPSA) is 74.5 Å². The van der Waals surface area contributed by atoms with Gasteiger partial charge in [0.05, 0.1) is 24.2 Å². The van der Waals surface area contributed by atoms with Crippen LogP contribution in [0.15, 0.2) is 53.3 Å². The van der Waals surface area contributed by atoms with Crippen molar-refractivity contribution in [3.8, 4) is 11.5 Å². The fourth-order valence-corrected chi connectivity index (χ4v) is 2.87. The zero-order valence-electron chi connectivity index (χ0n) is 15.5. The number of para-hydroxylation sites is 2. The van der Waals surface area contributed by atoms with Crippen LogP contribution in [0.5, 0.6) is 11.5 Å². The summed E-state index contributed by atoms with van der Waals surface area (Å²) in [7, 11) is 1.70. The van der Waals surface area contributed by atoms with E-state index in [1.165, 1.54) is 9.13 Å². The zero-order valence-corrected chi connectivity index (χ0v) is 15.5. The maximum absolute atomic E-state index is 12.3. The lowest BCUT2D eigenvalue weighted by molar-refractivity contribution is -0.121. The van der Waals surface area contributed by atoms with Gasteiger partial charge in [-0.05, 0) is 43.3 Å². The zero-order chi connectivity index (χ0) is 19.2. The molecule has 1 N–H and O–H groups in total. The highest BCUT2D eigenvalue weighted by Crippen LogP contribution is 2.17. The summed E-state index contributed by atoms with van der Waals surface area (Å²) in [6.07, 6.45) is 0. The van der Waals surface area contributed by atoms with Gasteiger partial charge in [0, 0.05) is 7.05 Å². The third kappa shape index (κ3) is 4.31. The molecule has 0 unspecified atom stereocenters. The van der Waals surface area contributed by atoms with Gasteiger partial charge in [0.25, 0.3) is 0 Å². The first-order valence-electron chi connectivity index (χ1n) is 8.86. The van der Waals surface area contributed by atoms with Crippen molar-refractivity contribution in [3.05, 3.63) is 59.0 Å². The van der Waals surface area contributed by atoms with Gasteiger partial charge in [-0.1, -0.05) is 12.1 Å². The number of nitrogens with zero attached hydrogens (tertiary/aromatic N) is 2. The Balaban J connectivity index is 1.50. The van der Waals surface area contributed by atoms with E-state index in [9.17, 15) is 9.59 Å². The van der Waals surface area contributed by atoms with Gasteiger partial charge in [-0.15, -0.1) is 0 Å². The predicted molar refractivity (Wildman–Crippen MR) is 103 cm³/mol. The summed E-state index contributed by atoms with van der Waals surface area (Å²) in [5.74, 6) is 1.26. The van der Waals surface area contributed by atoms with Crippen LogP contribution < -0.4 is 20.5 Å². The second-order valence-corrected chi connectivity index (χ2v) is 6.02. The van der Waals surface area contributed by atoms with Crippen molar-refractivity contribution in [2.45, 2.75) is 13.5 Å². The molecule has 0 bridgehead atoms. The van der Waals surface area contributed by atoms with E-state index in [0.717, 1.165) is 16.8 Å². The van der Waals surface area contributed by atoms with Crippen molar-refractivity contribution in [2.75, 3.05) is 19.8 Å². The highest BCUT2D eigenvalue weighted by molar-refractivity contribution is 5.80. The molecule has 0 saturated carbocycles. The third-order valence-corrected chi connectivity index (χ3v) is 4.18. The molecule has 0 fully saturated rings. The number of amides is 1. The molecule has 1 heterocycles. The number of hydrogen-bond donors (Lipinski definition) is 1. The van der Waals surface area contributed by atoms with E-state index < -0.39 is 0 Å². The van der Waals surface area contributed by atoms with Crippen LogP contribution in [-0.4, -0.2) is 34.8 Å². The molecule has 0 spiro atoms. The van der Waals surface area contributed by atoms with E-state index in [0.29, 0.717) is 25.5 Å². The number of carbonyl (C=O) groups excluding carboxylic acids is 1. The minimum absolute atomic E-state index is 0.0246. The molecule has 2 aromatic carbocycles. The highest BCUT2D eigenvalue weighted by Gasteiger charge is 2.12. The molecule has 0 aliphatic rings. The summed E-state index contributed by atoms with van der Waals surface area (Å²) in [6, 6.07) is 14.7. The first kappa shape index (κ1) is 18.6. The lowest BCUT2D eigenvalue weighted by Gasteiger charge is -2.09. The molecule has 7 heteroatoms. The summed E-state index contributed by atoms with van der Waals surface area (Å²) in [5.41, 5.74) is 1.33. The Kier molecular flexibility index (Phi) is 5.80. The van der Waals surface area contributed by atoms with Crippen LogP contribution in [0.25, 0.3) is 11.0 Å². The molecular weight excluding hydrogens is 346 g/mol.